The maximum absolute atomic E-state index is 8.99. The molecule has 0 aromatic heterocycles. The molecule has 80 valence electrons. The Hall–Kier alpha value is -0.160. The molecule has 3 N–H and O–H groups in total. The molecule has 2 unspecified atom stereocenters. The van der Waals surface area contributed by atoms with E-state index in [1.165, 1.54) is 0 Å². The smallest absolute Gasteiger partial charge is 0.111 e. The molecule has 0 aliphatic rings. The lowest BCUT2D eigenvalue weighted by Crippen LogP contribution is -2.47. The zero-order chi connectivity index (χ0) is 10.5. The summed E-state index contributed by atoms with van der Waals surface area (Å²) >= 11 is 0. The molecule has 0 aromatic carbocycles. The highest BCUT2D eigenvalue weighted by Crippen LogP contribution is 2.12. The van der Waals surface area contributed by atoms with Crippen LogP contribution in [-0.2, 0) is 4.74 Å². The fourth-order valence-corrected chi connectivity index (χ4v) is 1.05. The van der Waals surface area contributed by atoms with Gasteiger partial charge in [-0.15, -0.1) is 0 Å². The van der Waals surface area contributed by atoms with Gasteiger partial charge in [0.1, 0.15) is 6.23 Å². The summed E-state index contributed by atoms with van der Waals surface area (Å²) in [6.07, 6.45) is 0.608. The first-order valence-corrected chi connectivity index (χ1v) is 4.60. The highest BCUT2D eigenvalue weighted by Gasteiger charge is 2.24. The number of ether oxygens (including phenoxy) is 1. The molecular formula is C9H22N2O2. The van der Waals surface area contributed by atoms with Crippen LogP contribution in [0, 0.1) is 0 Å². The number of hydrogen-bond donors (Lipinski definition) is 2. The Morgan fingerprint density at radius 3 is 2.38 bits per heavy atom. The zero-order valence-corrected chi connectivity index (χ0v) is 9.08. The second-order valence-corrected chi connectivity index (χ2v) is 3.89. The summed E-state index contributed by atoms with van der Waals surface area (Å²) in [6.45, 7) is 4.40. The van der Waals surface area contributed by atoms with Gasteiger partial charge in [-0.2, -0.15) is 0 Å². The monoisotopic (exact) mass is 190 g/mol. The van der Waals surface area contributed by atoms with Gasteiger partial charge in [-0.05, 0) is 27.9 Å². The van der Waals surface area contributed by atoms with Gasteiger partial charge in [0, 0.05) is 18.6 Å². The van der Waals surface area contributed by atoms with E-state index < -0.39 is 5.54 Å². The molecule has 4 nitrogen and oxygen atoms in total. The Kier molecular flexibility index (Phi) is 5.48. The lowest BCUT2D eigenvalue weighted by molar-refractivity contribution is -0.0508. The van der Waals surface area contributed by atoms with Crippen LogP contribution in [0.5, 0.6) is 0 Å². The highest BCUT2D eigenvalue weighted by atomic mass is 16.5. The van der Waals surface area contributed by atoms with Crippen molar-refractivity contribution in [2.75, 3.05) is 27.3 Å². The third-order valence-corrected chi connectivity index (χ3v) is 1.94. The molecule has 0 aliphatic heterocycles. The van der Waals surface area contributed by atoms with Gasteiger partial charge in [-0.1, -0.05) is 0 Å². The second kappa shape index (κ2) is 5.54. The molecule has 13 heavy (non-hydrogen) atoms. The molecule has 0 fully saturated rings. The number of nitrogens with two attached hydrogens (primary N) is 1. The summed E-state index contributed by atoms with van der Waals surface area (Å²) in [6, 6.07) is 0. The average Bonchev–Trinajstić information content (AvgIpc) is 2.03. The van der Waals surface area contributed by atoms with Gasteiger partial charge in [-0.3, -0.25) is 4.90 Å². The molecule has 0 saturated heterocycles. The van der Waals surface area contributed by atoms with Crippen molar-refractivity contribution < 1.29 is 9.84 Å². The normalized spacial score (nSPS) is 18.7. The number of hydrogen-bond acceptors (Lipinski definition) is 4. The van der Waals surface area contributed by atoms with Gasteiger partial charge in [0.25, 0.3) is 0 Å². The van der Waals surface area contributed by atoms with Crippen LogP contribution in [0.2, 0.25) is 0 Å². The van der Waals surface area contributed by atoms with Gasteiger partial charge >= 0.3 is 0 Å². The molecule has 0 saturated carbocycles. The minimum Gasteiger partial charge on any atom is -0.394 e. The van der Waals surface area contributed by atoms with E-state index in [9.17, 15) is 0 Å². The summed E-state index contributed by atoms with van der Waals surface area (Å²) in [5.74, 6) is 0. The van der Waals surface area contributed by atoms with Crippen LogP contribution in [-0.4, -0.2) is 49.1 Å². The molecule has 0 amide bonds. The first-order valence-electron chi connectivity index (χ1n) is 4.60. The number of aliphatic hydroxyl groups is 1. The van der Waals surface area contributed by atoms with Crippen LogP contribution in [0.1, 0.15) is 20.3 Å². The van der Waals surface area contributed by atoms with Gasteiger partial charge in [0.05, 0.1) is 6.61 Å². The Labute approximate surface area is 80.7 Å². The minimum absolute atomic E-state index is 0.0212. The van der Waals surface area contributed by atoms with Crippen molar-refractivity contribution in [2.24, 2.45) is 5.73 Å². The van der Waals surface area contributed by atoms with Crippen molar-refractivity contribution in [3.05, 3.63) is 0 Å². The lowest BCUT2D eigenvalue weighted by Gasteiger charge is -2.31. The zero-order valence-electron chi connectivity index (χ0n) is 9.08. The molecule has 2 atom stereocenters. The topological polar surface area (TPSA) is 58.7 Å². The molecule has 0 bridgehead atoms. The third kappa shape index (κ3) is 5.21. The standard InChI is InChI=1S/C9H22N2O2/c1-5-13-8(11(3)4)6-9(2,10)7-12/h8,12H,5-7,10H2,1-4H3. The Balaban J connectivity index is 4.08. The molecule has 4 heteroatoms. The van der Waals surface area contributed by atoms with Crippen LogP contribution >= 0.6 is 0 Å². The van der Waals surface area contributed by atoms with Crippen molar-refractivity contribution in [2.45, 2.75) is 32.0 Å². The van der Waals surface area contributed by atoms with Gasteiger partial charge in [-0.25, -0.2) is 0 Å². The van der Waals surface area contributed by atoms with Crippen LogP contribution in [0.3, 0.4) is 0 Å². The van der Waals surface area contributed by atoms with E-state index >= 15 is 0 Å². The summed E-state index contributed by atoms with van der Waals surface area (Å²) in [5.41, 5.74) is 5.26. The van der Waals surface area contributed by atoms with Gasteiger partial charge in [0.15, 0.2) is 0 Å². The molecular weight excluding hydrogens is 168 g/mol. The van der Waals surface area contributed by atoms with Crippen molar-refractivity contribution in [1.29, 1.82) is 0 Å². The lowest BCUT2D eigenvalue weighted by atomic mass is 9.99. The number of aliphatic hydroxyl groups excluding tert-OH is 1. The Morgan fingerprint density at radius 1 is 1.54 bits per heavy atom. The van der Waals surface area contributed by atoms with Crippen molar-refractivity contribution >= 4 is 0 Å². The quantitative estimate of drug-likeness (QED) is 0.579. The summed E-state index contributed by atoms with van der Waals surface area (Å²) < 4.78 is 5.48. The Morgan fingerprint density at radius 2 is 2.08 bits per heavy atom. The van der Waals surface area contributed by atoms with Crippen molar-refractivity contribution in [3.8, 4) is 0 Å². The maximum Gasteiger partial charge on any atom is 0.111 e. The van der Waals surface area contributed by atoms with Gasteiger partial charge < -0.3 is 15.6 Å². The first kappa shape index (κ1) is 12.8. The number of nitrogens with zero attached hydrogens (tertiary/aromatic N) is 1. The number of rotatable bonds is 6. The van der Waals surface area contributed by atoms with Crippen LogP contribution in [0.25, 0.3) is 0 Å². The highest BCUT2D eigenvalue weighted by molar-refractivity contribution is 4.80. The van der Waals surface area contributed by atoms with E-state index in [0.29, 0.717) is 13.0 Å². The minimum atomic E-state index is -0.565. The second-order valence-electron chi connectivity index (χ2n) is 3.89. The molecule has 0 aromatic rings. The molecule has 0 rings (SSSR count). The third-order valence-electron chi connectivity index (χ3n) is 1.94. The molecule has 0 heterocycles. The van der Waals surface area contributed by atoms with Crippen molar-refractivity contribution in [3.63, 3.8) is 0 Å². The summed E-state index contributed by atoms with van der Waals surface area (Å²) in [7, 11) is 3.88. The van der Waals surface area contributed by atoms with Crippen LogP contribution in [0.15, 0.2) is 0 Å². The molecule has 0 spiro atoms. The van der Waals surface area contributed by atoms with Gasteiger partial charge in [0.2, 0.25) is 0 Å². The van der Waals surface area contributed by atoms with Crippen LogP contribution < -0.4 is 5.73 Å². The van der Waals surface area contributed by atoms with Crippen molar-refractivity contribution in [1.82, 2.24) is 4.90 Å². The summed E-state index contributed by atoms with van der Waals surface area (Å²) in [5, 5.41) is 8.99. The SMILES string of the molecule is CCOC(CC(C)(N)CO)N(C)C. The predicted octanol–water partition coefficient (Wildman–Crippen LogP) is 0.0104. The van der Waals surface area contributed by atoms with E-state index in [1.807, 2.05) is 32.8 Å². The Bertz CT molecular complexity index is 138. The van der Waals surface area contributed by atoms with Crippen LogP contribution in [0.4, 0.5) is 0 Å². The predicted molar refractivity (Wildman–Crippen MR) is 53.4 cm³/mol. The summed E-state index contributed by atoms with van der Waals surface area (Å²) in [4.78, 5) is 1.96. The average molecular weight is 190 g/mol. The van der Waals surface area contributed by atoms with E-state index in [2.05, 4.69) is 0 Å². The largest absolute Gasteiger partial charge is 0.394 e. The maximum atomic E-state index is 8.99. The van der Waals surface area contributed by atoms with E-state index in [0.717, 1.165) is 0 Å². The van der Waals surface area contributed by atoms with E-state index in [-0.39, 0.29) is 12.8 Å². The van der Waals surface area contributed by atoms with E-state index in [4.69, 9.17) is 15.6 Å². The fraction of sp³-hybridized carbons (Fsp3) is 1.00. The van der Waals surface area contributed by atoms with E-state index in [1.54, 1.807) is 0 Å². The molecule has 0 radical (unpaired) electrons. The first-order chi connectivity index (χ1) is 5.93. The molecule has 0 aliphatic carbocycles. The fourth-order valence-electron chi connectivity index (χ4n) is 1.05.